The molecule has 5 heteroatoms. The first-order valence-corrected chi connectivity index (χ1v) is 5.81. The molecule has 0 atom stereocenters. The van der Waals surface area contributed by atoms with Gasteiger partial charge in [0.2, 0.25) is 0 Å². The largest absolute Gasteiger partial charge is 0.505 e. The summed E-state index contributed by atoms with van der Waals surface area (Å²) in [6.07, 6.45) is 0. The molecule has 0 aromatic heterocycles. The number of carbonyl (C=O) groups is 1. The number of rotatable bonds is 5. The van der Waals surface area contributed by atoms with E-state index in [1.807, 2.05) is 13.8 Å². The first-order valence-electron chi connectivity index (χ1n) is 5.81. The Morgan fingerprint density at radius 3 is 2.28 bits per heavy atom. The lowest BCUT2D eigenvalue weighted by molar-refractivity contribution is -0.126. The summed E-state index contributed by atoms with van der Waals surface area (Å²) in [4.78, 5) is 13.6. The van der Waals surface area contributed by atoms with Gasteiger partial charge in [-0.25, -0.2) is 5.53 Å². The molecule has 0 fully saturated rings. The Hall–Kier alpha value is -2.17. The zero-order valence-electron chi connectivity index (χ0n) is 10.6. The van der Waals surface area contributed by atoms with Crippen LogP contribution in [-0.4, -0.2) is 29.0 Å². The fourth-order valence-corrected chi connectivity index (χ4v) is 1.60. The number of hydrogen-bond donors (Lipinski definition) is 2. The van der Waals surface area contributed by atoms with Crippen LogP contribution in [0.25, 0.3) is 5.76 Å². The zero-order valence-corrected chi connectivity index (χ0v) is 10.6. The number of hydrogen-bond acceptors (Lipinski definition) is 4. The van der Waals surface area contributed by atoms with Gasteiger partial charge in [-0.15, -0.1) is 5.11 Å². The van der Waals surface area contributed by atoms with Crippen molar-refractivity contribution in [3.8, 4) is 0 Å². The van der Waals surface area contributed by atoms with Gasteiger partial charge < -0.3 is 10.0 Å². The van der Waals surface area contributed by atoms with Crippen LogP contribution in [0.4, 0.5) is 0 Å². The van der Waals surface area contributed by atoms with Gasteiger partial charge in [-0.05, 0) is 13.8 Å². The summed E-state index contributed by atoms with van der Waals surface area (Å²) in [7, 11) is 0. The van der Waals surface area contributed by atoms with Crippen molar-refractivity contribution in [1.82, 2.24) is 4.90 Å². The van der Waals surface area contributed by atoms with E-state index >= 15 is 0 Å². The number of aliphatic hydroxyl groups is 1. The Morgan fingerprint density at radius 2 is 1.83 bits per heavy atom. The maximum atomic E-state index is 12.0. The van der Waals surface area contributed by atoms with E-state index in [0.29, 0.717) is 18.7 Å². The van der Waals surface area contributed by atoms with Crippen LogP contribution >= 0.6 is 0 Å². The van der Waals surface area contributed by atoms with Crippen molar-refractivity contribution in [3.63, 3.8) is 0 Å². The number of carbonyl (C=O) groups excluding carboxylic acids is 1. The third kappa shape index (κ3) is 2.94. The van der Waals surface area contributed by atoms with Gasteiger partial charge in [-0.1, -0.05) is 30.3 Å². The summed E-state index contributed by atoms with van der Waals surface area (Å²) in [5.41, 5.74) is 7.32. The molecule has 0 heterocycles. The maximum Gasteiger partial charge on any atom is 0.278 e. The third-order valence-corrected chi connectivity index (χ3v) is 2.64. The van der Waals surface area contributed by atoms with Crippen LogP contribution in [0.3, 0.4) is 0 Å². The zero-order chi connectivity index (χ0) is 13.5. The maximum absolute atomic E-state index is 12.0. The highest BCUT2D eigenvalue weighted by Crippen LogP contribution is 2.18. The molecular formula is C13H17N3O2. The highest BCUT2D eigenvalue weighted by molar-refractivity contribution is 5.99. The van der Waals surface area contributed by atoms with Crippen LogP contribution in [-0.2, 0) is 4.79 Å². The first kappa shape index (κ1) is 13.9. The summed E-state index contributed by atoms with van der Waals surface area (Å²) in [6, 6.07) is 8.62. The SMILES string of the molecule is CCN(CC)C(=O)/C(N=N)=C(\O)c1ccccc1. The lowest BCUT2D eigenvalue weighted by Gasteiger charge is -2.18. The summed E-state index contributed by atoms with van der Waals surface area (Å²) in [6.45, 7) is 4.69. The van der Waals surface area contributed by atoms with E-state index < -0.39 is 5.91 Å². The van der Waals surface area contributed by atoms with E-state index in [0.717, 1.165) is 0 Å². The molecule has 1 rings (SSSR count). The Morgan fingerprint density at radius 1 is 1.28 bits per heavy atom. The normalized spacial score (nSPS) is 11.7. The van der Waals surface area contributed by atoms with Gasteiger partial charge in [0.25, 0.3) is 5.91 Å². The van der Waals surface area contributed by atoms with Crippen molar-refractivity contribution in [1.29, 1.82) is 5.53 Å². The smallest absolute Gasteiger partial charge is 0.278 e. The number of amides is 1. The summed E-state index contributed by atoms with van der Waals surface area (Å²) < 4.78 is 0. The van der Waals surface area contributed by atoms with Gasteiger partial charge in [0, 0.05) is 18.7 Å². The van der Waals surface area contributed by atoms with Crippen molar-refractivity contribution in [2.45, 2.75) is 13.8 Å². The molecule has 0 saturated heterocycles. The number of likely N-dealkylation sites (N-methyl/N-ethyl adjacent to an activating group) is 1. The van der Waals surface area contributed by atoms with Crippen LogP contribution in [0.5, 0.6) is 0 Å². The second-order valence-electron chi connectivity index (χ2n) is 3.65. The third-order valence-electron chi connectivity index (χ3n) is 2.64. The molecule has 2 N–H and O–H groups in total. The molecule has 1 aromatic rings. The summed E-state index contributed by atoms with van der Waals surface area (Å²) in [5, 5.41) is 13.2. The molecule has 1 amide bonds. The fraction of sp³-hybridized carbons (Fsp3) is 0.308. The van der Waals surface area contributed by atoms with E-state index in [-0.39, 0.29) is 11.5 Å². The van der Waals surface area contributed by atoms with E-state index in [2.05, 4.69) is 5.11 Å². The Bertz CT molecular complexity index is 451. The quantitative estimate of drug-likeness (QED) is 0.477. The van der Waals surface area contributed by atoms with E-state index in [1.165, 1.54) is 4.90 Å². The van der Waals surface area contributed by atoms with Crippen molar-refractivity contribution >= 4 is 11.7 Å². The van der Waals surface area contributed by atoms with Crippen LogP contribution in [0.2, 0.25) is 0 Å². The highest BCUT2D eigenvalue weighted by atomic mass is 16.3. The Balaban J connectivity index is 3.16. The van der Waals surface area contributed by atoms with Crippen LogP contribution in [0.15, 0.2) is 41.1 Å². The summed E-state index contributed by atoms with van der Waals surface area (Å²) >= 11 is 0. The van der Waals surface area contributed by atoms with Crippen molar-refractivity contribution in [3.05, 3.63) is 41.6 Å². The second kappa shape index (κ2) is 6.54. The average Bonchev–Trinajstić information content (AvgIpc) is 2.42. The van der Waals surface area contributed by atoms with Crippen molar-refractivity contribution in [2.75, 3.05) is 13.1 Å². The number of benzene rings is 1. The first-order chi connectivity index (χ1) is 8.65. The number of nitrogens with zero attached hydrogens (tertiary/aromatic N) is 2. The molecule has 0 bridgehead atoms. The molecule has 0 aliphatic carbocycles. The van der Waals surface area contributed by atoms with Gasteiger partial charge >= 0.3 is 0 Å². The molecule has 18 heavy (non-hydrogen) atoms. The van der Waals surface area contributed by atoms with E-state index in [4.69, 9.17) is 5.53 Å². The topological polar surface area (TPSA) is 76.8 Å². The minimum absolute atomic E-state index is 0.232. The molecular weight excluding hydrogens is 230 g/mol. The molecule has 0 radical (unpaired) electrons. The van der Waals surface area contributed by atoms with Crippen LogP contribution < -0.4 is 0 Å². The minimum atomic E-state index is -0.434. The molecule has 96 valence electrons. The molecule has 0 saturated carbocycles. The van der Waals surface area contributed by atoms with Gasteiger partial charge in [0.1, 0.15) is 0 Å². The Labute approximate surface area is 106 Å². The lowest BCUT2D eigenvalue weighted by Crippen LogP contribution is -2.31. The standard InChI is InChI=1S/C13H17N3O2/c1-3-16(4-2)13(18)11(15-14)12(17)10-8-6-5-7-9-10/h5-9,14,17H,3-4H2,1-2H3/b12-11+,15-14?. The predicted octanol–water partition coefficient (Wildman–Crippen LogP) is 2.81. The predicted molar refractivity (Wildman–Crippen MR) is 69.1 cm³/mol. The lowest BCUT2D eigenvalue weighted by atomic mass is 10.1. The van der Waals surface area contributed by atoms with Crippen molar-refractivity contribution in [2.24, 2.45) is 5.11 Å². The number of nitrogens with one attached hydrogen (secondary N) is 1. The van der Waals surface area contributed by atoms with Crippen molar-refractivity contribution < 1.29 is 9.90 Å². The monoisotopic (exact) mass is 247 g/mol. The Kier molecular flexibility index (Phi) is 5.05. The second-order valence-corrected chi connectivity index (χ2v) is 3.65. The van der Waals surface area contributed by atoms with Gasteiger partial charge in [-0.3, -0.25) is 4.79 Å². The fourth-order valence-electron chi connectivity index (χ4n) is 1.60. The molecule has 0 aliphatic rings. The van der Waals surface area contributed by atoms with Gasteiger partial charge in [0.15, 0.2) is 11.5 Å². The average molecular weight is 247 g/mol. The molecule has 0 unspecified atom stereocenters. The molecule has 5 nitrogen and oxygen atoms in total. The molecule has 1 aromatic carbocycles. The summed E-state index contributed by atoms with van der Waals surface area (Å²) in [5.74, 6) is -0.696. The minimum Gasteiger partial charge on any atom is -0.505 e. The highest BCUT2D eigenvalue weighted by Gasteiger charge is 2.20. The molecule has 0 spiro atoms. The van der Waals surface area contributed by atoms with E-state index in [1.54, 1.807) is 30.3 Å². The molecule has 0 aliphatic heterocycles. The van der Waals surface area contributed by atoms with Crippen LogP contribution in [0.1, 0.15) is 19.4 Å². The van der Waals surface area contributed by atoms with Gasteiger partial charge in [0.05, 0.1) is 0 Å². The van der Waals surface area contributed by atoms with Gasteiger partial charge in [-0.2, -0.15) is 0 Å². The van der Waals surface area contributed by atoms with Crippen LogP contribution in [0, 0.1) is 5.53 Å². The number of aliphatic hydroxyl groups excluding tert-OH is 1. The van der Waals surface area contributed by atoms with E-state index in [9.17, 15) is 9.90 Å².